The summed E-state index contributed by atoms with van der Waals surface area (Å²) in [5, 5.41) is 0. The maximum Gasteiger partial charge on any atom is -0.0533 e. The average molecular weight is 216 g/mol. The molecule has 0 spiro atoms. The van der Waals surface area contributed by atoms with Gasteiger partial charge >= 0.3 is 0 Å². The molecule has 0 saturated heterocycles. The van der Waals surface area contributed by atoms with Gasteiger partial charge in [-0.15, -0.1) is 0 Å². The third-order valence-corrected chi connectivity index (χ3v) is 3.00. The Morgan fingerprint density at radius 1 is 0.200 bits per heavy atom. The highest BCUT2D eigenvalue weighted by atomic mass is 14.0. The topological polar surface area (TPSA) is 0 Å². The van der Waals surface area contributed by atoms with Crippen LogP contribution in [-0.2, 0) is 0 Å². The first-order valence-corrected chi connectivity index (χ1v) is 6.00. The summed E-state index contributed by atoms with van der Waals surface area (Å²) in [6.45, 7) is 0. The monoisotopic (exact) mass is 216 g/mol. The molecule has 0 radical (unpaired) electrons. The van der Waals surface area contributed by atoms with E-state index in [1.807, 2.05) is 0 Å². The van der Waals surface area contributed by atoms with Crippen molar-refractivity contribution < 1.29 is 0 Å². The minimum atomic E-state index is 0. The van der Waals surface area contributed by atoms with Crippen molar-refractivity contribution in [2.75, 3.05) is 0 Å². The fraction of sp³-hybridized carbons (Fsp3) is 1.00. The van der Waals surface area contributed by atoms with Crippen LogP contribution < -0.4 is 0 Å². The number of hydrogen-bond donors (Lipinski definition) is 0. The minimum absolute atomic E-state index is 0. The third-order valence-electron chi connectivity index (χ3n) is 3.00. The van der Waals surface area contributed by atoms with Crippen molar-refractivity contribution in [1.29, 1.82) is 0 Å². The Labute approximate surface area is 99.9 Å². The minimum Gasteiger partial charge on any atom is -0.0776 e. The van der Waals surface area contributed by atoms with E-state index >= 15 is 0 Å². The molecule has 0 bridgehead atoms. The van der Waals surface area contributed by atoms with E-state index in [-0.39, 0.29) is 22.3 Å². The van der Waals surface area contributed by atoms with Crippen molar-refractivity contribution in [2.24, 2.45) is 0 Å². The Bertz CT molecular complexity index is 43.0. The molecule has 2 aliphatic carbocycles. The maximum atomic E-state index is 1.50. The lowest BCUT2D eigenvalue weighted by Gasteiger charge is -2.05. The van der Waals surface area contributed by atoms with E-state index in [1.54, 1.807) is 0 Å². The first kappa shape index (κ1) is 20.4. The number of rotatable bonds is 0. The molecule has 0 aromatic heterocycles. The molecule has 0 N–H and O–H groups in total. The van der Waals surface area contributed by atoms with E-state index < -0.39 is 0 Å². The van der Waals surface area contributed by atoms with Gasteiger partial charge < -0.3 is 0 Å². The smallest absolute Gasteiger partial charge is 0.0533 e. The summed E-state index contributed by atoms with van der Waals surface area (Å²) in [6.07, 6.45) is 18.0. The van der Waals surface area contributed by atoms with E-state index in [9.17, 15) is 0 Å². The van der Waals surface area contributed by atoms with E-state index in [4.69, 9.17) is 0 Å². The molecule has 0 heteroatoms. The zero-order chi connectivity index (χ0) is 8.49. The summed E-state index contributed by atoms with van der Waals surface area (Å²) in [5.74, 6) is 0. The van der Waals surface area contributed by atoms with E-state index in [1.165, 1.54) is 77.0 Å². The van der Waals surface area contributed by atoms with Gasteiger partial charge in [-0.25, -0.2) is 0 Å². The summed E-state index contributed by atoms with van der Waals surface area (Å²) in [7, 11) is 0. The first-order chi connectivity index (χ1) is 6.00. The molecule has 2 rings (SSSR count). The SMILES string of the molecule is C.C.C.C1CCCCC1.C1CCCCC1. The van der Waals surface area contributed by atoms with Crippen molar-refractivity contribution in [3.8, 4) is 0 Å². The Hall–Kier alpha value is 0. The van der Waals surface area contributed by atoms with Gasteiger partial charge in [-0.05, 0) is 0 Å². The molecule has 2 saturated carbocycles. The van der Waals surface area contributed by atoms with Crippen LogP contribution in [0.5, 0.6) is 0 Å². The van der Waals surface area contributed by atoms with Crippen LogP contribution in [0, 0.1) is 0 Å². The van der Waals surface area contributed by atoms with Gasteiger partial charge in [0.05, 0.1) is 0 Å². The first-order valence-electron chi connectivity index (χ1n) is 6.00. The Balaban J connectivity index is -0.000000160. The molecule has 0 nitrogen and oxygen atoms in total. The van der Waals surface area contributed by atoms with Gasteiger partial charge in [0.2, 0.25) is 0 Å². The van der Waals surface area contributed by atoms with Crippen LogP contribution in [0.2, 0.25) is 0 Å². The zero-order valence-electron chi connectivity index (χ0n) is 8.49. The highest BCUT2D eigenvalue weighted by Gasteiger charge is 1.96. The predicted molar refractivity (Wildman–Crippen MR) is 75.6 cm³/mol. The second-order valence-corrected chi connectivity index (χ2v) is 4.24. The Morgan fingerprint density at radius 2 is 0.267 bits per heavy atom. The van der Waals surface area contributed by atoms with Gasteiger partial charge in [0.1, 0.15) is 0 Å². The lowest BCUT2D eigenvalue weighted by Crippen LogP contribution is -1.85. The van der Waals surface area contributed by atoms with E-state index in [0.29, 0.717) is 0 Å². The fourth-order valence-electron chi connectivity index (χ4n) is 2.12. The quantitative estimate of drug-likeness (QED) is 0.428. The van der Waals surface area contributed by atoms with Crippen molar-refractivity contribution in [1.82, 2.24) is 0 Å². The van der Waals surface area contributed by atoms with Gasteiger partial charge in [0.25, 0.3) is 0 Å². The van der Waals surface area contributed by atoms with Crippen LogP contribution >= 0.6 is 0 Å². The van der Waals surface area contributed by atoms with E-state index in [2.05, 4.69) is 0 Å². The summed E-state index contributed by atoms with van der Waals surface area (Å²) in [5.41, 5.74) is 0. The van der Waals surface area contributed by atoms with Crippen LogP contribution in [-0.4, -0.2) is 0 Å². The molecule has 15 heavy (non-hydrogen) atoms. The van der Waals surface area contributed by atoms with Crippen LogP contribution in [0.3, 0.4) is 0 Å². The van der Waals surface area contributed by atoms with Gasteiger partial charge in [-0.1, -0.05) is 99.3 Å². The highest BCUT2D eigenvalue weighted by Crippen LogP contribution is 2.15. The van der Waals surface area contributed by atoms with Crippen LogP contribution in [0.25, 0.3) is 0 Å². The Morgan fingerprint density at radius 3 is 0.333 bits per heavy atom. The average Bonchev–Trinajstić information content (AvgIpc) is 2.24. The molecule has 0 unspecified atom stereocenters. The normalized spacial score (nSPS) is 19.2. The van der Waals surface area contributed by atoms with Gasteiger partial charge in [-0.2, -0.15) is 0 Å². The second-order valence-electron chi connectivity index (χ2n) is 4.24. The van der Waals surface area contributed by atoms with Crippen molar-refractivity contribution >= 4 is 0 Å². The molecule has 0 aromatic carbocycles. The van der Waals surface area contributed by atoms with Gasteiger partial charge in [0, 0.05) is 0 Å². The molecular formula is C15H36. The molecule has 0 heterocycles. The summed E-state index contributed by atoms with van der Waals surface area (Å²) < 4.78 is 0. The molecule has 0 aliphatic heterocycles. The van der Waals surface area contributed by atoms with Crippen LogP contribution in [0.1, 0.15) is 99.3 Å². The Kier molecular flexibility index (Phi) is 22.4. The van der Waals surface area contributed by atoms with Crippen LogP contribution in [0.4, 0.5) is 0 Å². The lowest BCUT2D eigenvalue weighted by molar-refractivity contribution is 0.504. The third kappa shape index (κ3) is 14.0. The second kappa shape index (κ2) is 16.4. The molecule has 2 fully saturated rings. The molecular weight excluding hydrogens is 180 g/mol. The van der Waals surface area contributed by atoms with Crippen LogP contribution in [0.15, 0.2) is 0 Å². The van der Waals surface area contributed by atoms with Gasteiger partial charge in [-0.3, -0.25) is 0 Å². The van der Waals surface area contributed by atoms with E-state index in [0.717, 1.165) is 0 Å². The van der Waals surface area contributed by atoms with Crippen molar-refractivity contribution in [3.63, 3.8) is 0 Å². The standard InChI is InChI=1S/2C6H12.3CH4/c2*1-2-4-6-5-3-1;;;/h2*1-6H2;3*1H4. The highest BCUT2D eigenvalue weighted by molar-refractivity contribution is 4.51. The van der Waals surface area contributed by atoms with Crippen molar-refractivity contribution in [3.05, 3.63) is 0 Å². The van der Waals surface area contributed by atoms with Gasteiger partial charge in [0.15, 0.2) is 0 Å². The number of hydrogen-bond acceptors (Lipinski definition) is 0. The molecule has 2 aliphatic rings. The predicted octanol–water partition coefficient (Wildman–Crippen LogP) is 6.59. The summed E-state index contributed by atoms with van der Waals surface area (Å²) >= 11 is 0. The molecule has 0 aromatic rings. The van der Waals surface area contributed by atoms with Crippen molar-refractivity contribution in [2.45, 2.75) is 99.3 Å². The fourth-order valence-corrected chi connectivity index (χ4v) is 2.12. The summed E-state index contributed by atoms with van der Waals surface area (Å²) in [4.78, 5) is 0. The maximum absolute atomic E-state index is 1.50. The largest absolute Gasteiger partial charge is 0.0776 e. The lowest BCUT2D eigenvalue weighted by atomic mass is 10.0. The molecule has 0 amide bonds. The molecule has 96 valence electrons. The summed E-state index contributed by atoms with van der Waals surface area (Å²) in [6, 6.07) is 0. The molecule has 0 atom stereocenters. The zero-order valence-corrected chi connectivity index (χ0v) is 8.49.